The van der Waals surface area contributed by atoms with Crippen molar-refractivity contribution in [3.63, 3.8) is 0 Å². The van der Waals surface area contributed by atoms with E-state index in [4.69, 9.17) is 15.2 Å². The molecule has 0 aliphatic rings. The molecule has 1 aromatic carbocycles. The molecule has 1 heterocycles. The third kappa shape index (κ3) is 4.44. The van der Waals surface area contributed by atoms with Crippen LogP contribution in [0.2, 0.25) is 0 Å². The summed E-state index contributed by atoms with van der Waals surface area (Å²) in [6, 6.07) is 6.02. The summed E-state index contributed by atoms with van der Waals surface area (Å²) in [5.74, 6) is 1.61. The topological polar surface area (TPSA) is 57.4 Å². The fourth-order valence-electron chi connectivity index (χ4n) is 2.00. The van der Waals surface area contributed by atoms with E-state index in [-0.39, 0.29) is 6.04 Å². The molecule has 0 saturated heterocycles. The molecule has 0 bridgehead atoms. The van der Waals surface area contributed by atoms with E-state index in [1.54, 1.807) is 18.4 Å². The smallest absolute Gasteiger partial charge is 0.140 e. The maximum absolute atomic E-state index is 6.06. The zero-order chi connectivity index (χ0) is 15.2. The van der Waals surface area contributed by atoms with Crippen LogP contribution in [0.25, 0.3) is 0 Å². The molecule has 0 aliphatic heterocycles. The molecule has 0 amide bonds. The van der Waals surface area contributed by atoms with Gasteiger partial charge < -0.3 is 15.2 Å². The zero-order valence-electron chi connectivity index (χ0n) is 12.8. The van der Waals surface area contributed by atoms with Crippen molar-refractivity contribution < 1.29 is 9.47 Å². The van der Waals surface area contributed by atoms with E-state index in [0.717, 1.165) is 40.6 Å². The Morgan fingerprint density at radius 2 is 2.19 bits per heavy atom. The third-order valence-corrected chi connectivity index (χ3v) is 4.24. The van der Waals surface area contributed by atoms with Crippen LogP contribution >= 0.6 is 11.3 Å². The first kappa shape index (κ1) is 15.8. The Morgan fingerprint density at radius 1 is 1.38 bits per heavy atom. The lowest BCUT2D eigenvalue weighted by molar-refractivity contribution is 0.299. The van der Waals surface area contributed by atoms with Gasteiger partial charge in [0.1, 0.15) is 23.1 Å². The first-order valence-corrected chi connectivity index (χ1v) is 7.96. The Balaban J connectivity index is 2.13. The molecule has 0 fully saturated rings. The fraction of sp³-hybridized carbons (Fsp3) is 0.438. The van der Waals surface area contributed by atoms with E-state index in [1.165, 1.54) is 0 Å². The molecule has 1 atom stereocenters. The average Bonchev–Trinajstić information content (AvgIpc) is 2.91. The number of hydrogen-bond donors (Lipinski definition) is 1. The number of nitrogens with zero attached hydrogens (tertiary/aromatic N) is 1. The summed E-state index contributed by atoms with van der Waals surface area (Å²) in [5.41, 5.74) is 8.19. The Labute approximate surface area is 129 Å². The highest BCUT2D eigenvalue weighted by molar-refractivity contribution is 7.09. The molecule has 0 aliphatic carbocycles. The first-order valence-electron chi connectivity index (χ1n) is 7.08. The van der Waals surface area contributed by atoms with Gasteiger partial charge in [0, 0.05) is 23.2 Å². The summed E-state index contributed by atoms with van der Waals surface area (Å²) >= 11 is 1.61. The van der Waals surface area contributed by atoms with E-state index >= 15 is 0 Å². The molecule has 2 aromatic rings. The third-order valence-electron chi connectivity index (χ3n) is 3.30. The monoisotopic (exact) mass is 306 g/mol. The van der Waals surface area contributed by atoms with Gasteiger partial charge >= 0.3 is 0 Å². The maximum atomic E-state index is 6.06. The van der Waals surface area contributed by atoms with Crippen molar-refractivity contribution in [2.45, 2.75) is 39.3 Å². The van der Waals surface area contributed by atoms with E-state index in [0.29, 0.717) is 6.61 Å². The molecule has 2 N–H and O–H groups in total. The Kier molecular flexibility index (Phi) is 5.59. The van der Waals surface area contributed by atoms with E-state index < -0.39 is 0 Å². The first-order chi connectivity index (χ1) is 10.1. The summed E-state index contributed by atoms with van der Waals surface area (Å²) < 4.78 is 11.2. The number of aryl methyl sites for hydroxylation is 1. The van der Waals surface area contributed by atoms with Crippen LogP contribution in [-0.4, -0.2) is 18.1 Å². The number of hydrogen-bond acceptors (Lipinski definition) is 5. The summed E-state index contributed by atoms with van der Waals surface area (Å²) in [6.07, 6.45) is 1.74. The van der Waals surface area contributed by atoms with Gasteiger partial charge in [-0.2, -0.15) is 0 Å². The van der Waals surface area contributed by atoms with Crippen LogP contribution in [0.4, 0.5) is 0 Å². The van der Waals surface area contributed by atoms with Crippen molar-refractivity contribution in [2.75, 3.05) is 7.11 Å². The van der Waals surface area contributed by atoms with E-state index in [9.17, 15) is 0 Å². The number of aromatic nitrogens is 1. The van der Waals surface area contributed by atoms with Crippen LogP contribution in [0.15, 0.2) is 23.6 Å². The molecule has 114 valence electrons. The van der Waals surface area contributed by atoms with Gasteiger partial charge in [-0.15, -0.1) is 11.3 Å². The lowest BCUT2D eigenvalue weighted by Gasteiger charge is -2.15. The molecule has 4 nitrogen and oxygen atoms in total. The lowest BCUT2D eigenvalue weighted by Crippen LogP contribution is -2.21. The Bertz CT molecular complexity index is 583. The number of nitrogens with two attached hydrogens (primary N) is 1. The summed E-state index contributed by atoms with van der Waals surface area (Å²) in [5, 5.41) is 3.00. The maximum Gasteiger partial charge on any atom is 0.140 e. The SMILES string of the molecule is CCC(N)Cc1ccc(OC)cc1OCc1nc(C)cs1. The van der Waals surface area contributed by atoms with Gasteiger partial charge in [0.15, 0.2) is 0 Å². The van der Waals surface area contributed by atoms with Crippen LogP contribution in [-0.2, 0) is 13.0 Å². The van der Waals surface area contributed by atoms with E-state index in [2.05, 4.69) is 11.9 Å². The molecule has 5 heteroatoms. The molecule has 1 aromatic heterocycles. The standard InChI is InChI=1S/C16H22N2O2S/c1-4-13(17)7-12-5-6-14(19-3)8-15(12)20-9-16-18-11(2)10-21-16/h5-6,8,10,13H,4,7,9,17H2,1-3H3. The van der Waals surface area contributed by atoms with Gasteiger partial charge in [-0.05, 0) is 31.4 Å². The van der Waals surface area contributed by atoms with Gasteiger partial charge in [0.2, 0.25) is 0 Å². The molecular weight excluding hydrogens is 284 g/mol. The molecular formula is C16H22N2O2S. The molecule has 1 unspecified atom stereocenters. The Hall–Kier alpha value is -1.59. The predicted molar refractivity (Wildman–Crippen MR) is 86.1 cm³/mol. The van der Waals surface area contributed by atoms with Crippen molar-refractivity contribution in [2.24, 2.45) is 5.73 Å². The van der Waals surface area contributed by atoms with Crippen LogP contribution < -0.4 is 15.2 Å². The number of ether oxygens (including phenoxy) is 2. The highest BCUT2D eigenvalue weighted by Crippen LogP contribution is 2.27. The number of benzene rings is 1. The van der Waals surface area contributed by atoms with Gasteiger partial charge in [-0.3, -0.25) is 0 Å². The van der Waals surface area contributed by atoms with Crippen LogP contribution in [0.1, 0.15) is 29.6 Å². The van der Waals surface area contributed by atoms with Crippen molar-refractivity contribution >= 4 is 11.3 Å². The van der Waals surface area contributed by atoms with Crippen molar-refractivity contribution in [3.05, 3.63) is 39.8 Å². The molecule has 21 heavy (non-hydrogen) atoms. The average molecular weight is 306 g/mol. The summed E-state index contributed by atoms with van der Waals surface area (Å²) in [7, 11) is 1.65. The summed E-state index contributed by atoms with van der Waals surface area (Å²) in [6.45, 7) is 4.55. The van der Waals surface area contributed by atoms with Crippen molar-refractivity contribution in [1.82, 2.24) is 4.98 Å². The minimum Gasteiger partial charge on any atom is -0.497 e. The normalized spacial score (nSPS) is 12.2. The van der Waals surface area contributed by atoms with Gasteiger partial charge in [0.05, 0.1) is 7.11 Å². The molecule has 0 radical (unpaired) electrons. The van der Waals surface area contributed by atoms with Crippen molar-refractivity contribution in [3.8, 4) is 11.5 Å². The number of methoxy groups -OCH3 is 1. The van der Waals surface area contributed by atoms with Gasteiger partial charge in [0.25, 0.3) is 0 Å². The predicted octanol–water partition coefficient (Wildman–Crippen LogP) is 3.32. The number of rotatable bonds is 7. The van der Waals surface area contributed by atoms with Crippen LogP contribution in [0.5, 0.6) is 11.5 Å². The lowest BCUT2D eigenvalue weighted by atomic mass is 10.0. The van der Waals surface area contributed by atoms with Crippen molar-refractivity contribution in [1.29, 1.82) is 0 Å². The molecule has 0 saturated carbocycles. The second-order valence-corrected chi connectivity index (χ2v) is 5.96. The number of thiazole rings is 1. The summed E-state index contributed by atoms with van der Waals surface area (Å²) in [4.78, 5) is 4.41. The highest BCUT2D eigenvalue weighted by Gasteiger charge is 2.10. The van der Waals surface area contributed by atoms with Gasteiger partial charge in [-0.1, -0.05) is 13.0 Å². The zero-order valence-corrected chi connectivity index (χ0v) is 13.6. The van der Waals surface area contributed by atoms with Gasteiger partial charge in [-0.25, -0.2) is 4.98 Å². The van der Waals surface area contributed by atoms with E-state index in [1.807, 2.05) is 30.5 Å². The highest BCUT2D eigenvalue weighted by atomic mass is 32.1. The second kappa shape index (κ2) is 7.43. The van der Waals surface area contributed by atoms with Crippen LogP contribution in [0, 0.1) is 6.92 Å². The minimum absolute atomic E-state index is 0.142. The van der Waals surface area contributed by atoms with Crippen LogP contribution in [0.3, 0.4) is 0 Å². The minimum atomic E-state index is 0.142. The second-order valence-electron chi connectivity index (χ2n) is 5.02. The quantitative estimate of drug-likeness (QED) is 0.852. The largest absolute Gasteiger partial charge is 0.497 e. The molecule has 2 rings (SSSR count). The molecule has 0 spiro atoms. The Morgan fingerprint density at radius 3 is 2.81 bits per heavy atom. The fourth-order valence-corrected chi connectivity index (χ4v) is 2.68.